The number of benzene rings is 2. The zero-order valence-corrected chi connectivity index (χ0v) is 21.6. The van der Waals surface area contributed by atoms with Crippen molar-refractivity contribution in [1.29, 1.82) is 0 Å². The number of rotatable bonds is 6. The van der Waals surface area contributed by atoms with E-state index < -0.39 is 0 Å². The van der Waals surface area contributed by atoms with Gasteiger partial charge in [-0.15, -0.1) is 0 Å². The van der Waals surface area contributed by atoms with Gasteiger partial charge in [0.2, 0.25) is 0 Å². The number of thiocarbonyl (C=S) groups is 1. The zero-order chi connectivity index (χ0) is 22.0. The first-order valence-corrected chi connectivity index (χ1v) is 12.7. The van der Waals surface area contributed by atoms with E-state index in [9.17, 15) is 4.79 Å². The molecule has 0 bridgehead atoms. The minimum absolute atomic E-state index is 0.0572. The predicted octanol–water partition coefficient (Wildman–Crippen LogP) is 6.56. The first kappa shape index (κ1) is 23.3. The largest absolute Gasteiger partial charge is 0.488 e. The highest BCUT2D eigenvalue weighted by atomic mass is 127. The van der Waals surface area contributed by atoms with Gasteiger partial charge in [0, 0.05) is 22.2 Å². The summed E-state index contributed by atoms with van der Waals surface area (Å²) < 4.78 is 13.1. The molecule has 9 heteroatoms. The van der Waals surface area contributed by atoms with Crippen LogP contribution in [0.1, 0.15) is 24.0 Å². The molecule has 4 nitrogen and oxygen atoms in total. The Morgan fingerprint density at radius 2 is 2.13 bits per heavy atom. The summed E-state index contributed by atoms with van der Waals surface area (Å²) in [6.45, 7) is 1.62. The average Bonchev–Trinajstić information content (AvgIpc) is 3.33. The predicted molar refractivity (Wildman–Crippen MR) is 139 cm³/mol. The van der Waals surface area contributed by atoms with Crippen LogP contribution in [0.15, 0.2) is 41.3 Å². The lowest BCUT2D eigenvalue weighted by Crippen LogP contribution is -2.35. The Morgan fingerprint density at radius 1 is 1.29 bits per heavy atom. The molecule has 162 valence electrons. The second-order valence-corrected chi connectivity index (χ2v) is 10.8. The fourth-order valence-corrected chi connectivity index (χ4v) is 5.75. The number of carbonyl (C=O) groups excluding carboxylic acids is 1. The van der Waals surface area contributed by atoms with Crippen molar-refractivity contribution in [2.24, 2.45) is 0 Å². The highest BCUT2D eigenvalue weighted by molar-refractivity contribution is 14.1. The number of carbonyl (C=O) groups is 1. The van der Waals surface area contributed by atoms with Crippen molar-refractivity contribution >= 4 is 86.1 Å². The summed E-state index contributed by atoms with van der Waals surface area (Å²) in [5.74, 6) is 0.688. The van der Waals surface area contributed by atoms with Gasteiger partial charge in [0.15, 0.2) is 0 Å². The second kappa shape index (κ2) is 10.4. The smallest absolute Gasteiger partial charge is 0.266 e. The second-order valence-electron chi connectivity index (χ2n) is 7.14. The van der Waals surface area contributed by atoms with Crippen molar-refractivity contribution < 1.29 is 14.3 Å². The van der Waals surface area contributed by atoms with E-state index in [-0.39, 0.29) is 12.0 Å². The van der Waals surface area contributed by atoms with E-state index in [0.717, 1.165) is 39.9 Å². The minimum Gasteiger partial charge on any atom is -0.488 e. The molecule has 1 atom stereocenters. The van der Waals surface area contributed by atoms with Crippen LogP contribution in [0, 0.1) is 3.57 Å². The minimum atomic E-state index is -0.0572. The number of nitrogens with zero attached hydrogens (tertiary/aromatic N) is 1. The molecule has 4 rings (SSSR count). The van der Waals surface area contributed by atoms with Gasteiger partial charge in [-0.3, -0.25) is 9.69 Å². The molecule has 0 unspecified atom stereocenters. The fourth-order valence-electron chi connectivity index (χ4n) is 3.32. The first-order chi connectivity index (χ1) is 14.9. The molecule has 0 N–H and O–H groups in total. The van der Waals surface area contributed by atoms with Crippen LogP contribution in [-0.2, 0) is 16.1 Å². The van der Waals surface area contributed by atoms with Gasteiger partial charge in [-0.1, -0.05) is 59.3 Å². The molecule has 2 aromatic carbocycles. The monoisotopic (exact) mass is 605 g/mol. The maximum absolute atomic E-state index is 12.8. The molecule has 31 heavy (non-hydrogen) atoms. The fraction of sp³-hybridized carbons (Fsp3) is 0.273. The first-order valence-electron chi connectivity index (χ1n) is 9.64. The molecule has 2 saturated heterocycles. The number of ether oxygens (including phenoxy) is 2. The van der Waals surface area contributed by atoms with Crippen molar-refractivity contribution in [2.45, 2.75) is 25.6 Å². The topological polar surface area (TPSA) is 38.8 Å². The highest BCUT2D eigenvalue weighted by Crippen LogP contribution is 2.34. The van der Waals surface area contributed by atoms with Gasteiger partial charge in [-0.2, -0.15) is 0 Å². The third-order valence-electron chi connectivity index (χ3n) is 4.94. The lowest BCUT2D eigenvalue weighted by molar-refractivity contribution is -0.123. The van der Waals surface area contributed by atoms with Crippen molar-refractivity contribution in [3.05, 3.63) is 66.0 Å². The Kier molecular flexibility index (Phi) is 7.82. The summed E-state index contributed by atoms with van der Waals surface area (Å²) in [5, 5.41) is 1.16. The zero-order valence-electron chi connectivity index (χ0n) is 16.3. The van der Waals surface area contributed by atoms with E-state index in [1.807, 2.05) is 30.3 Å². The van der Waals surface area contributed by atoms with Crippen LogP contribution in [0.25, 0.3) is 6.08 Å². The van der Waals surface area contributed by atoms with Gasteiger partial charge in [0.1, 0.15) is 16.7 Å². The SMILES string of the molecule is O=C1/C(=C/c2ccc(OCc3ccc(Cl)cc3Cl)c(I)c2)SC(=S)N1C[C@H]1CCCO1. The van der Waals surface area contributed by atoms with Crippen LogP contribution in [0.5, 0.6) is 5.75 Å². The quantitative estimate of drug-likeness (QED) is 0.212. The number of thioether (sulfide) groups is 1. The molecule has 0 spiro atoms. The average molecular weight is 606 g/mol. The summed E-state index contributed by atoms with van der Waals surface area (Å²) in [4.78, 5) is 15.1. The standard InChI is InChI=1S/C22H18Cl2INO3S2/c23-15-5-4-14(17(24)10-15)12-29-19-6-3-13(8-18(19)25)9-20-21(27)26(22(30)31-20)11-16-2-1-7-28-16/h3-6,8-10,16H,1-2,7,11-12H2/b20-9-/t16-/m1/s1. The van der Waals surface area contributed by atoms with Crippen LogP contribution < -0.4 is 4.74 Å². The van der Waals surface area contributed by atoms with Gasteiger partial charge in [0.05, 0.1) is 21.1 Å². The van der Waals surface area contributed by atoms with Crippen molar-refractivity contribution in [2.75, 3.05) is 13.2 Å². The van der Waals surface area contributed by atoms with E-state index >= 15 is 0 Å². The van der Waals surface area contributed by atoms with E-state index in [2.05, 4.69) is 22.6 Å². The van der Waals surface area contributed by atoms with Crippen molar-refractivity contribution in [3.8, 4) is 5.75 Å². The molecule has 2 heterocycles. The Hall–Kier alpha value is -0.840. The van der Waals surface area contributed by atoms with E-state index in [4.69, 9.17) is 44.9 Å². The Labute approximate surface area is 214 Å². The normalized spacial score (nSPS) is 20.2. The van der Waals surface area contributed by atoms with E-state index in [0.29, 0.717) is 32.4 Å². The van der Waals surface area contributed by atoms with Crippen molar-refractivity contribution in [3.63, 3.8) is 0 Å². The molecule has 2 aromatic rings. The van der Waals surface area contributed by atoms with Gasteiger partial charge in [-0.25, -0.2) is 0 Å². The van der Waals surface area contributed by atoms with Crippen LogP contribution in [0.4, 0.5) is 0 Å². The molecule has 0 saturated carbocycles. The number of hydrogen-bond acceptors (Lipinski definition) is 5. The van der Waals surface area contributed by atoms with Gasteiger partial charge < -0.3 is 9.47 Å². The van der Waals surface area contributed by atoms with E-state index in [1.165, 1.54) is 11.8 Å². The molecule has 0 aliphatic carbocycles. The lowest BCUT2D eigenvalue weighted by atomic mass is 10.2. The summed E-state index contributed by atoms with van der Waals surface area (Å²) in [5.41, 5.74) is 1.78. The maximum Gasteiger partial charge on any atom is 0.266 e. The number of amides is 1. The molecule has 2 aliphatic rings. The summed E-state index contributed by atoms with van der Waals surface area (Å²) in [6.07, 6.45) is 3.95. The summed E-state index contributed by atoms with van der Waals surface area (Å²) in [7, 11) is 0. The van der Waals surface area contributed by atoms with Crippen LogP contribution >= 0.6 is 69.8 Å². The summed E-state index contributed by atoms with van der Waals surface area (Å²) >= 11 is 21.1. The molecule has 2 fully saturated rings. The van der Waals surface area contributed by atoms with Crippen molar-refractivity contribution in [1.82, 2.24) is 4.90 Å². The third kappa shape index (κ3) is 5.75. The van der Waals surface area contributed by atoms with E-state index in [1.54, 1.807) is 17.0 Å². The molecular formula is C22H18Cl2INO3S2. The molecular weight excluding hydrogens is 588 g/mol. The Morgan fingerprint density at radius 3 is 2.84 bits per heavy atom. The van der Waals surface area contributed by atoms with Gasteiger partial charge >= 0.3 is 0 Å². The maximum atomic E-state index is 12.8. The lowest BCUT2D eigenvalue weighted by Gasteiger charge is -2.18. The Balaban J connectivity index is 1.43. The van der Waals surface area contributed by atoms with Gasteiger partial charge in [0.25, 0.3) is 5.91 Å². The Bertz CT molecular complexity index is 1060. The molecule has 0 radical (unpaired) electrons. The molecule has 2 aliphatic heterocycles. The highest BCUT2D eigenvalue weighted by Gasteiger charge is 2.34. The van der Waals surface area contributed by atoms with Crippen LogP contribution in [0.2, 0.25) is 10.0 Å². The third-order valence-corrected chi connectivity index (χ3v) is 7.74. The molecule has 1 amide bonds. The molecule has 0 aromatic heterocycles. The number of hydrogen-bond donors (Lipinski definition) is 0. The van der Waals surface area contributed by atoms with Gasteiger partial charge in [-0.05, 0) is 71.3 Å². The number of halogens is 3. The van der Waals surface area contributed by atoms with Crippen LogP contribution in [0.3, 0.4) is 0 Å². The summed E-state index contributed by atoms with van der Waals surface area (Å²) in [6, 6.07) is 11.1. The van der Waals surface area contributed by atoms with Crippen LogP contribution in [-0.4, -0.2) is 34.4 Å².